The van der Waals surface area contributed by atoms with Crippen LogP contribution in [0.1, 0.15) is 31.8 Å². The normalized spacial score (nSPS) is 13.2. The second-order valence-electron chi connectivity index (χ2n) is 8.58. The molecule has 0 unspecified atom stereocenters. The first-order chi connectivity index (χ1) is 18.0. The van der Waals surface area contributed by atoms with Gasteiger partial charge in [-0.25, -0.2) is 4.79 Å². The molecule has 0 bridgehead atoms. The Balaban J connectivity index is 1.35. The quantitative estimate of drug-likeness (QED) is 0.379. The van der Waals surface area contributed by atoms with Crippen molar-refractivity contribution in [2.45, 2.75) is 19.1 Å². The Hall–Kier alpha value is -4.98. The minimum Gasteiger partial charge on any atom is -0.445 e. The van der Waals surface area contributed by atoms with Crippen LogP contribution in [0.15, 0.2) is 97.1 Å². The lowest BCUT2D eigenvalue weighted by Crippen LogP contribution is -2.57. The van der Waals surface area contributed by atoms with Gasteiger partial charge < -0.3 is 10.1 Å². The molecule has 0 aliphatic carbocycles. The Morgan fingerprint density at radius 1 is 0.730 bits per heavy atom. The molecule has 8 nitrogen and oxygen atoms in total. The van der Waals surface area contributed by atoms with E-state index in [0.29, 0.717) is 21.5 Å². The summed E-state index contributed by atoms with van der Waals surface area (Å²) >= 11 is 0. The topological polar surface area (TPSA) is 105 Å². The molecular formula is C29H23N3O5. The first-order valence-electron chi connectivity index (χ1n) is 11.7. The van der Waals surface area contributed by atoms with E-state index in [1.165, 1.54) is 0 Å². The number of carbonyl (C=O) groups excluding carboxylic acids is 4. The number of hydrazine groups is 1. The van der Waals surface area contributed by atoms with Crippen molar-refractivity contribution in [3.8, 4) is 0 Å². The van der Waals surface area contributed by atoms with Gasteiger partial charge in [0, 0.05) is 11.8 Å². The molecular weight excluding hydrogens is 470 g/mol. The van der Waals surface area contributed by atoms with Crippen LogP contribution in [0.25, 0.3) is 10.8 Å². The fourth-order valence-corrected chi connectivity index (χ4v) is 4.29. The van der Waals surface area contributed by atoms with Crippen LogP contribution < -0.4 is 10.7 Å². The van der Waals surface area contributed by atoms with Gasteiger partial charge in [0.1, 0.15) is 12.6 Å². The number of rotatable bonds is 7. The molecule has 1 aliphatic heterocycles. The van der Waals surface area contributed by atoms with E-state index in [1.54, 1.807) is 24.3 Å². The van der Waals surface area contributed by atoms with Gasteiger partial charge in [0.05, 0.1) is 11.1 Å². The third kappa shape index (κ3) is 5.04. The fourth-order valence-electron chi connectivity index (χ4n) is 4.29. The van der Waals surface area contributed by atoms with E-state index in [2.05, 4.69) is 10.7 Å². The van der Waals surface area contributed by atoms with Gasteiger partial charge in [0.2, 0.25) is 0 Å². The Bertz CT molecular complexity index is 1440. The smallest absolute Gasteiger partial charge is 0.408 e. The summed E-state index contributed by atoms with van der Waals surface area (Å²) in [5.41, 5.74) is 4.61. The van der Waals surface area contributed by atoms with Crippen LogP contribution in [0.2, 0.25) is 0 Å². The molecule has 1 aliphatic rings. The van der Waals surface area contributed by atoms with E-state index < -0.39 is 29.9 Å². The summed E-state index contributed by atoms with van der Waals surface area (Å²) < 4.78 is 5.29. The molecule has 0 saturated heterocycles. The molecule has 4 aromatic rings. The zero-order chi connectivity index (χ0) is 25.8. The lowest BCUT2D eigenvalue weighted by atomic mass is 9.95. The molecule has 184 valence electrons. The Labute approximate surface area is 212 Å². The second kappa shape index (κ2) is 10.3. The van der Waals surface area contributed by atoms with E-state index in [0.717, 1.165) is 16.5 Å². The van der Waals surface area contributed by atoms with Crippen molar-refractivity contribution in [1.29, 1.82) is 0 Å². The number of carbonyl (C=O) groups is 4. The minimum atomic E-state index is -1.11. The van der Waals surface area contributed by atoms with Crippen LogP contribution in [0.3, 0.4) is 0 Å². The highest BCUT2D eigenvalue weighted by molar-refractivity contribution is 6.25. The zero-order valence-corrected chi connectivity index (χ0v) is 19.7. The number of ether oxygens (including phenoxy) is 1. The zero-order valence-electron chi connectivity index (χ0n) is 19.7. The van der Waals surface area contributed by atoms with Crippen LogP contribution >= 0.6 is 0 Å². The Morgan fingerprint density at radius 2 is 1.30 bits per heavy atom. The van der Waals surface area contributed by atoms with Gasteiger partial charge >= 0.3 is 6.09 Å². The van der Waals surface area contributed by atoms with Crippen molar-refractivity contribution in [3.05, 3.63) is 119 Å². The monoisotopic (exact) mass is 493 g/mol. The number of nitrogens with one attached hydrogen (secondary N) is 2. The molecule has 0 aromatic heterocycles. The standard InChI is InChI=1S/C29H23N3O5/c33-26(31-32-27(34)22-15-7-13-21-14-8-16-23(25(21)22)28(32)35)24(17-19-9-3-1-4-10-19)30-29(36)37-18-20-11-5-2-6-12-20/h1-16,24H,17-18H2,(H,30,36)(H,31,33)/t24-/m1/s1. The number of nitrogens with zero attached hydrogens (tertiary/aromatic N) is 1. The fraction of sp³-hybridized carbons (Fsp3) is 0.103. The lowest BCUT2D eigenvalue weighted by molar-refractivity contribution is -0.126. The van der Waals surface area contributed by atoms with Crippen LogP contribution in [0, 0.1) is 0 Å². The number of benzene rings is 4. The first kappa shape index (κ1) is 23.7. The summed E-state index contributed by atoms with van der Waals surface area (Å²) in [5, 5.41) is 4.58. The predicted molar refractivity (Wildman–Crippen MR) is 136 cm³/mol. The molecule has 5 rings (SSSR count). The number of hydrogen-bond acceptors (Lipinski definition) is 5. The van der Waals surface area contributed by atoms with Gasteiger partial charge in [-0.15, -0.1) is 0 Å². The van der Waals surface area contributed by atoms with Gasteiger partial charge in [-0.2, -0.15) is 5.01 Å². The van der Waals surface area contributed by atoms with Crippen molar-refractivity contribution >= 4 is 34.6 Å². The third-order valence-electron chi connectivity index (χ3n) is 6.10. The van der Waals surface area contributed by atoms with E-state index in [1.807, 2.05) is 72.8 Å². The van der Waals surface area contributed by atoms with Crippen molar-refractivity contribution < 1.29 is 23.9 Å². The molecule has 4 aromatic carbocycles. The van der Waals surface area contributed by atoms with Crippen LogP contribution in [0.4, 0.5) is 4.79 Å². The average Bonchev–Trinajstić information content (AvgIpc) is 2.93. The number of imide groups is 1. The van der Waals surface area contributed by atoms with E-state index in [4.69, 9.17) is 4.74 Å². The second-order valence-corrected chi connectivity index (χ2v) is 8.58. The van der Waals surface area contributed by atoms with Crippen molar-refractivity contribution in [3.63, 3.8) is 0 Å². The van der Waals surface area contributed by atoms with E-state index >= 15 is 0 Å². The molecule has 4 amide bonds. The Morgan fingerprint density at radius 3 is 1.89 bits per heavy atom. The molecule has 8 heteroatoms. The molecule has 0 fully saturated rings. The maximum atomic E-state index is 13.3. The SMILES string of the molecule is O=C(N[C@H](Cc1ccccc1)C(=O)NN1C(=O)c2cccc3cccc(c23)C1=O)OCc1ccccc1. The highest BCUT2D eigenvalue weighted by Crippen LogP contribution is 2.29. The summed E-state index contributed by atoms with van der Waals surface area (Å²) in [6, 6.07) is 27.4. The van der Waals surface area contributed by atoms with E-state index in [-0.39, 0.29) is 13.0 Å². The Kier molecular flexibility index (Phi) is 6.63. The van der Waals surface area contributed by atoms with Gasteiger partial charge in [0.25, 0.3) is 17.7 Å². The van der Waals surface area contributed by atoms with Gasteiger partial charge in [0.15, 0.2) is 0 Å². The molecule has 1 atom stereocenters. The number of hydrogen-bond donors (Lipinski definition) is 2. The highest BCUT2D eigenvalue weighted by atomic mass is 16.5. The van der Waals surface area contributed by atoms with Gasteiger partial charge in [-0.05, 0) is 28.6 Å². The largest absolute Gasteiger partial charge is 0.445 e. The number of alkyl carbamates (subject to hydrolysis) is 1. The summed E-state index contributed by atoms with van der Waals surface area (Å²) in [6.07, 6.45) is -0.679. The average molecular weight is 494 g/mol. The highest BCUT2D eigenvalue weighted by Gasteiger charge is 2.35. The minimum absolute atomic E-state index is 0.0240. The lowest BCUT2D eigenvalue weighted by Gasteiger charge is -2.29. The van der Waals surface area contributed by atoms with Crippen molar-refractivity contribution in [2.24, 2.45) is 0 Å². The van der Waals surface area contributed by atoms with E-state index in [9.17, 15) is 19.2 Å². The maximum absolute atomic E-state index is 13.3. The van der Waals surface area contributed by atoms with Crippen LogP contribution in [-0.4, -0.2) is 34.9 Å². The summed E-state index contributed by atoms with van der Waals surface area (Å²) in [6.45, 7) is 0.0240. The maximum Gasteiger partial charge on any atom is 0.408 e. The van der Waals surface area contributed by atoms with Crippen LogP contribution in [-0.2, 0) is 22.6 Å². The van der Waals surface area contributed by atoms with Crippen molar-refractivity contribution in [1.82, 2.24) is 15.8 Å². The first-order valence-corrected chi connectivity index (χ1v) is 11.7. The number of amides is 4. The summed E-state index contributed by atoms with van der Waals surface area (Å²) in [4.78, 5) is 52.3. The molecule has 0 saturated carbocycles. The molecule has 37 heavy (non-hydrogen) atoms. The van der Waals surface area contributed by atoms with Gasteiger partial charge in [-0.3, -0.25) is 19.8 Å². The van der Waals surface area contributed by atoms with Crippen LogP contribution in [0.5, 0.6) is 0 Å². The molecule has 0 radical (unpaired) electrons. The molecule has 2 N–H and O–H groups in total. The summed E-state index contributed by atoms with van der Waals surface area (Å²) in [7, 11) is 0. The van der Waals surface area contributed by atoms with Crippen molar-refractivity contribution in [2.75, 3.05) is 0 Å². The predicted octanol–water partition coefficient (Wildman–Crippen LogP) is 4.00. The molecule has 1 heterocycles. The third-order valence-corrected chi connectivity index (χ3v) is 6.10. The van der Waals surface area contributed by atoms with Gasteiger partial charge in [-0.1, -0.05) is 84.9 Å². The molecule has 0 spiro atoms. The summed E-state index contributed by atoms with van der Waals surface area (Å²) in [5.74, 6) is -2.02.